The van der Waals surface area contributed by atoms with Crippen molar-refractivity contribution in [1.82, 2.24) is 4.98 Å². The Hall–Kier alpha value is -3.29. The number of hydrogen-bond acceptors (Lipinski definition) is 6. The molecule has 0 atom stereocenters. The van der Waals surface area contributed by atoms with E-state index in [1.807, 2.05) is 30.3 Å². The minimum Gasteiger partial charge on any atom is -0.493 e. The summed E-state index contributed by atoms with van der Waals surface area (Å²) in [6, 6.07) is 16.2. The van der Waals surface area contributed by atoms with Gasteiger partial charge in [0, 0.05) is 10.4 Å². The van der Waals surface area contributed by atoms with Gasteiger partial charge in [0.05, 0.1) is 30.1 Å². The summed E-state index contributed by atoms with van der Waals surface area (Å²) in [6.07, 6.45) is 1.57. The van der Waals surface area contributed by atoms with E-state index in [1.54, 1.807) is 42.5 Å². The molecule has 0 aliphatic rings. The number of carbonyl (C=O) groups excluding carboxylic acids is 1. The molecule has 0 aliphatic heterocycles. The summed E-state index contributed by atoms with van der Waals surface area (Å²) in [7, 11) is 1.56. The molecule has 2 aromatic carbocycles. The van der Waals surface area contributed by atoms with Crippen LogP contribution in [0.25, 0.3) is 21.2 Å². The van der Waals surface area contributed by atoms with Crippen LogP contribution in [0.4, 0.5) is 5.13 Å². The number of methoxy groups -OCH3 is 1. The summed E-state index contributed by atoms with van der Waals surface area (Å²) in [5.74, 6) is 1.07. The van der Waals surface area contributed by atoms with Crippen LogP contribution in [0.1, 0.15) is 16.3 Å². The first-order chi connectivity index (χ1) is 14.6. The third-order valence-electron chi connectivity index (χ3n) is 4.65. The normalized spacial score (nSPS) is 11.3. The molecule has 0 unspecified atom stereocenters. The number of hydrogen-bond donors (Lipinski definition) is 0. The van der Waals surface area contributed by atoms with Gasteiger partial charge in [-0.25, -0.2) is 4.98 Å². The van der Waals surface area contributed by atoms with Crippen LogP contribution in [0.3, 0.4) is 0 Å². The number of halogens is 1. The van der Waals surface area contributed by atoms with Crippen LogP contribution in [0.15, 0.2) is 69.7 Å². The van der Waals surface area contributed by atoms with Gasteiger partial charge in [0.2, 0.25) is 0 Å². The second kappa shape index (κ2) is 7.51. The van der Waals surface area contributed by atoms with Gasteiger partial charge in [-0.2, -0.15) is 0 Å². The van der Waals surface area contributed by atoms with Crippen LogP contribution in [0.2, 0.25) is 5.02 Å². The number of para-hydroxylation sites is 1. The first kappa shape index (κ1) is 18.7. The van der Waals surface area contributed by atoms with Crippen molar-refractivity contribution in [2.24, 2.45) is 0 Å². The lowest BCUT2D eigenvalue weighted by atomic mass is 10.2. The Bertz CT molecular complexity index is 1360. The van der Waals surface area contributed by atoms with E-state index < -0.39 is 0 Å². The maximum absolute atomic E-state index is 13.5. The average Bonchev–Trinajstić information content (AvgIpc) is 3.49. The fourth-order valence-electron chi connectivity index (χ4n) is 3.22. The Morgan fingerprint density at radius 3 is 2.90 bits per heavy atom. The van der Waals surface area contributed by atoms with Gasteiger partial charge < -0.3 is 13.6 Å². The lowest BCUT2D eigenvalue weighted by molar-refractivity contribution is 0.0958. The number of rotatable bonds is 5. The van der Waals surface area contributed by atoms with Crippen molar-refractivity contribution in [3.8, 4) is 5.75 Å². The van der Waals surface area contributed by atoms with Crippen molar-refractivity contribution in [1.29, 1.82) is 0 Å². The lowest BCUT2D eigenvalue weighted by Gasteiger charge is -2.17. The van der Waals surface area contributed by atoms with Gasteiger partial charge >= 0.3 is 0 Å². The van der Waals surface area contributed by atoms with Gasteiger partial charge in [0.1, 0.15) is 5.76 Å². The van der Waals surface area contributed by atoms with Crippen LogP contribution in [0, 0.1) is 0 Å². The van der Waals surface area contributed by atoms with Gasteiger partial charge in [-0.15, -0.1) is 0 Å². The summed E-state index contributed by atoms with van der Waals surface area (Å²) >= 11 is 7.49. The molecule has 0 aliphatic carbocycles. The number of ether oxygens (including phenoxy) is 1. The smallest absolute Gasteiger partial charge is 0.296 e. The molecule has 3 aromatic heterocycles. The van der Waals surface area contributed by atoms with Crippen molar-refractivity contribution in [3.05, 3.63) is 77.4 Å². The summed E-state index contributed by atoms with van der Waals surface area (Å²) in [5, 5.41) is 1.93. The molecule has 1 amide bonds. The largest absolute Gasteiger partial charge is 0.493 e. The van der Waals surface area contributed by atoms with Gasteiger partial charge in [-0.1, -0.05) is 35.1 Å². The average molecular weight is 439 g/mol. The lowest BCUT2D eigenvalue weighted by Crippen LogP contribution is -2.29. The quantitative estimate of drug-likeness (QED) is 0.329. The van der Waals surface area contributed by atoms with Gasteiger partial charge in [-0.3, -0.25) is 9.69 Å². The summed E-state index contributed by atoms with van der Waals surface area (Å²) in [6.45, 7) is 0.216. The van der Waals surface area contributed by atoms with Crippen molar-refractivity contribution in [2.75, 3.05) is 12.0 Å². The molecule has 0 bridgehead atoms. The molecular formula is C22H15ClN2O4S. The molecule has 30 heavy (non-hydrogen) atoms. The molecule has 0 saturated carbocycles. The minimum absolute atomic E-state index is 0.193. The van der Waals surface area contributed by atoms with E-state index in [2.05, 4.69) is 4.98 Å². The Balaban J connectivity index is 1.59. The highest BCUT2D eigenvalue weighted by molar-refractivity contribution is 7.22. The molecule has 3 heterocycles. The first-order valence-electron chi connectivity index (χ1n) is 9.09. The third-order valence-corrected chi connectivity index (χ3v) is 5.92. The predicted octanol–water partition coefficient (Wildman–Crippen LogP) is 6.14. The maximum Gasteiger partial charge on any atom is 0.296 e. The Kier molecular flexibility index (Phi) is 4.69. The summed E-state index contributed by atoms with van der Waals surface area (Å²) < 4.78 is 17.6. The number of thiazole rings is 1. The molecule has 0 fully saturated rings. The number of furan rings is 2. The van der Waals surface area contributed by atoms with Crippen LogP contribution < -0.4 is 9.64 Å². The monoisotopic (exact) mass is 438 g/mol. The fraction of sp³-hybridized carbons (Fsp3) is 0.0909. The molecule has 5 rings (SSSR count). The second-order valence-electron chi connectivity index (χ2n) is 6.57. The highest BCUT2D eigenvalue weighted by Crippen LogP contribution is 2.34. The van der Waals surface area contributed by atoms with Gasteiger partial charge in [0.15, 0.2) is 22.2 Å². The molecule has 0 saturated heterocycles. The number of fused-ring (bicyclic) bond motifs is 2. The Morgan fingerprint density at radius 1 is 1.20 bits per heavy atom. The van der Waals surface area contributed by atoms with Crippen molar-refractivity contribution in [3.63, 3.8) is 0 Å². The molecular weight excluding hydrogens is 424 g/mol. The summed E-state index contributed by atoms with van der Waals surface area (Å²) in [4.78, 5) is 19.6. The zero-order valence-electron chi connectivity index (χ0n) is 15.8. The standard InChI is InChI=1S/C22H15ClN2O4S/c1-27-17-6-2-4-13-10-18(29-20(13)17)21(26)25(12-15-5-3-9-28-15)22-24-16-8-7-14(23)11-19(16)30-22/h2-11H,12H2,1H3. The molecule has 0 spiro atoms. The maximum atomic E-state index is 13.5. The molecule has 0 N–H and O–H groups in total. The van der Waals surface area contributed by atoms with Crippen LogP contribution in [0.5, 0.6) is 5.75 Å². The molecule has 5 aromatic rings. The number of nitrogens with zero attached hydrogens (tertiary/aromatic N) is 2. The van der Waals surface area contributed by atoms with Gasteiger partial charge in [0.25, 0.3) is 5.91 Å². The minimum atomic E-state index is -0.324. The van der Waals surface area contributed by atoms with E-state index in [9.17, 15) is 4.79 Å². The van der Waals surface area contributed by atoms with Gasteiger partial charge in [-0.05, 0) is 42.5 Å². The van der Waals surface area contributed by atoms with Crippen LogP contribution in [-0.2, 0) is 6.54 Å². The molecule has 0 radical (unpaired) electrons. The topological polar surface area (TPSA) is 68.7 Å². The summed E-state index contributed by atoms with van der Waals surface area (Å²) in [5.41, 5.74) is 1.29. The predicted molar refractivity (Wildman–Crippen MR) is 117 cm³/mol. The second-order valence-corrected chi connectivity index (χ2v) is 8.01. The number of amides is 1. The Labute approximate surface area is 180 Å². The number of benzene rings is 2. The highest BCUT2D eigenvalue weighted by Gasteiger charge is 2.26. The molecule has 6 nitrogen and oxygen atoms in total. The highest BCUT2D eigenvalue weighted by atomic mass is 35.5. The zero-order chi connectivity index (χ0) is 20.7. The van der Waals surface area contributed by atoms with E-state index in [4.69, 9.17) is 25.2 Å². The number of carbonyl (C=O) groups is 1. The molecule has 8 heteroatoms. The van der Waals surface area contributed by atoms with E-state index in [0.29, 0.717) is 27.2 Å². The number of aromatic nitrogens is 1. The third kappa shape index (κ3) is 3.32. The number of anilines is 1. The van der Waals surface area contributed by atoms with Crippen molar-refractivity contribution >= 4 is 55.2 Å². The molecule has 150 valence electrons. The van der Waals surface area contributed by atoms with Crippen LogP contribution >= 0.6 is 22.9 Å². The van der Waals surface area contributed by atoms with Crippen LogP contribution in [-0.4, -0.2) is 18.0 Å². The van der Waals surface area contributed by atoms with Crippen molar-refractivity contribution in [2.45, 2.75) is 6.54 Å². The van der Waals surface area contributed by atoms with E-state index in [0.717, 1.165) is 15.6 Å². The van der Waals surface area contributed by atoms with E-state index in [-0.39, 0.29) is 18.2 Å². The van der Waals surface area contributed by atoms with Crippen molar-refractivity contribution < 1.29 is 18.4 Å². The SMILES string of the molecule is COc1cccc2cc(C(=O)N(Cc3ccco3)c3nc4ccc(Cl)cc4s3)oc12. The first-order valence-corrected chi connectivity index (χ1v) is 10.3. The van der Waals surface area contributed by atoms with E-state index in [1.165, 1.54) is 11.3 Å². The fourth-order valence-corrected chi connectivity index (χ4v) is 4.46. The van der Waals surface area contributed by atoms with E-state index >= 15 is 0 Å². The Morgan fingerprint density at radius 2 is 2.10 bits per heavy atom. The zero-order valence-corrected chi connectivity index (χ0v) is 17.4.